The van der Waals surface area contributed by atoms with Gasteiger partial charge in [0.05, 0.1) is 11.9 Å². The molecule has 0 bridgehead atoms. The summed E-state index contributed by atoms with van der Waals surface area (Å²) in [4.78, 5) is 26.2. The van der Waals surface area contributed by atoms with Gasteiger partial charge in [0.15, 0.2) is 0 Å². The Hall–Kier alpha value is -2.24. The van der Waals surface area contributed by atoms with Crippen LogP contribution in [0.4, 0.5) is 5.69 Å². The van der Waals surface area contributed by atoms with Crippen molar-refractivity contribution in [2.24, 2.45) is 5.92 Å². The number of aromatic nitrogens is 1. The molecule has 0 radical (unpaired) electrons. The van der Waals surface area contributed by atoms with E-state index in [0.29, 0.717) is 5.69 Å². The lowest BCUT2D eigenvalue weighted by Gasteiger charge is -2.11. The minimum Gasteiger partial charge on any atom is -0.481 e. The third kappa shape index (κ3) is 3.37. The average Bonchev–Trinajstić information content (AvgIpc) is 2.30. The van der Waals surface area contributed by atoms with Crippen LogP contribution >= 0.6 is 0 Å². The number of aliphatic carboxylic acids is 1. The van der Waals surface area contributed by atoms with Crippen molar-refractivity contribution in [1.29, 1.82) is 5.41 Å². The zero-order chi connectivity index (χ0) is 12.8. The van der Waals surface area contributed by atoms with E-state index in [1.165, 1.54) is 6.20 Å². The maximum Gasteiger partial charge on any atom is 0.312 e. The van der Waals surface area contributed by atoms with Crippen molar-refractivity contribution >= 4 is 23.3 Å². The van der Waals surface area contributed by atoms with Gasteiger partial charge in [-0.05, 0) is 18.6 Å². The summed E-state index contributed by atoms with van der Waals surface area (Å²) < 4.78 is 0. The third-order valence-corrected chi connectivity index (χ3v) is 2.22. The number of nitrogens with one attached hydrogen (secondary N) is 2. The largest absolute Gasteiger partial charge is 0.481 e. The van der Waals surface area contributed by atoms with Crippen LogP contribution in [0.5, 0.6) is 0 Å². The zero-order valence-electron chi connectivity index (χ0n) is 9.30. The number of pyridine rings is 1. The molecule has 0 aliphatic carbocycles. The second kappa shape index (κ2) is 5.74. The molecule has 90 valence electrons. The van der Waals surface area contributed by atoms with Crippen molar-refractivity contribution in [2.45, 2.75) is 13.3 Å². The molecule has 0 saturated carbocycles. The van der Waals surface area contributed by atoms with Crippen LogP contribution < -0.4 is 5.32 Å². The molecule has 0 aliphatic rings. The molecule has 1 aromatic rings. The van der Waals surface area contributed by atoms with Crippen molar-refractivity contribution < 1.29 is 14.7 Å². The van der Waals surface area contributed by atoms with Gasteiger partial charge >= 0.3 is 5.97 Å². The first-order valence-corrected chi connectivity index (χ1v) is 5.08. The van der Waals surface area contributed by atoms with Crippen LogP contribution in [0, 0.1) is 11.3 Å². The lowest BCUT2D eigenvalue weighted by molar-refractivity contribution is -0.139. The Labute approximate surface area is 98.2 Å². The summed E-state index contributed by atoms with van der Waals surface area (Å²) >= 11 is 0. The van der Waals surface area contributed by atoms with Gasteiger partial charge in [0.1, 0.15) is 11.6 Å². The van der Waals surface area contributed by atoms with Crippen molar-refractivity contribution in [3.8, 4) is 0 Å². The van der Waals surface area contributed by atoms with E-state index < -0.39 is 23.5 Å². The number of hydrogen-bond donors (Lipinski definition) is 3. The van der Waals surface area contributed by atoms with Gasteiger partial charge in [0.2, 0.25) is 0 Å². The standard InChI is InChI=1S/C11H13N3O3/c1-2-8(11(16)17)9(12)10(15)14-7-4-3-5-13-6-7/h3-6,8,12H,2H2,1H3,(H,14,15)(H,16,17). The van der Waals surface area contributed by atoms with E-state index in [-0.39, 0.29) is 6.42 Å². The topological polar surface area (TPSA) is 103 Å². The Bertz CT molecular complexity index is 431. The molecule has 1 aromatic heterocycles. The molecular formula is C11H13N3O3. The van der Waals surface area contributed by atoms with E-state index in [0.717, 1.165) is 0 Å². The molecular weight excluding hydrogens is 222 g/mol. The summed E-state index contributed by atoms with van der Waals surface area (Å²) in [5.74, 6) is -2.96. The van der Waals surface area contributed by atoms with E-state index in [1.807, 2.05) is 0 Å². The second-order valence-corrected chi connectivity index (χ2v) is 3.41. The minimum absolute atomic E-state index is 0.203. The number of nitrogens with zero attached hydrogens (tertiary/aromatic N) is 1. The number of carboxylic acid groups (broad SMARTS) is 1. The fourth-order valence-corrected chi connectivity index (χ4v) is 1.30. The summed E-state index contributed by atoms with van der Waals surface area (Å²) in [7, 11) is 0. The first kappa shape index (κ1) is 12.8. The van der Waals surface area contributed by atoms with E-state index >= 15 is 0 Å². The second-order valence-electron chi connectivity index (χ2n) is 3.41. The average molecular weight is 235 g/mol. The van der Waals surface area contributed by atoms with E-state index in [4.69, 9.17) is 10.5 Å². The van der Waals surface area contributed by atoms with Gasteiger partial charge in [0, 0.05) is 6.20 Å². The molecule has 1 heterocycles. The summed E-state index contributed by atoms with van der Waals surface area (Å²) in [5.41, 5.74) is -0.0219. The predicted octanol–water partition coefficient (Wildman–Crippen LogP) is 1.15. The summed E-state index contributed by atoms with van der Waals surface area (Å²) in [6.45, 7) is 1.62. The zero-order valence-corrected chi connectivity index (χ0v) is 9.30. The molecule has 0 aromatic carbocycles. The molecule has 1 amide bonds. The Morgan fingerprint density at radius 1 is 1.59 bits per heavy atom. The summed E-state index contributed by atoms with van der Waals surface area (Å²) in [5, 5.41) is 18.8. The molecule has 0 aliphatic heterocycles. The monoisotopic (exact) mass is 235 g/mol. The van der Waals surface area contributed by atoms with Crippen molar-refractivity contribution in [2.75, 3.05) is 5.32 Å². The highest BCUT2D eigenvalue weighted by Crippen LogP contribution is 2.08. The first-order valence-electron chi connectivity index (χ1n) is 5.08. The normalized spacial score (nSPS) is 11.6. The van der Waals surface area contributed by atoms with Crippen LogP contribution in [0.25, 0.3) is 0 Å². The van der Waals surface area contributed by atoms with Gasteiger partial charge in [-0.2, -0.15) is 0 Å². The minimum atomic E-state index is -1.17. The Kier molecular flexibility index (Phi) is 4.33. The lowest BCUT2D eigenvalue weighted by atomic mass is 10.00. The number of hydrogen-bond acceptors (Lipinski definition) is 4. The Balaban J connectivity index is 2.71. The summed E-state index contributed by atoms with van der Waals surface area (Å²) in [6.07, 6.45) is 3.18. The van der Waals surface area contributed by atoms with E-state index in [1.54, 1.807) is 25.3 Å². The highest BCUT2D eigenvalue weighted by atomic mass is 16.4. The van der Waals surface area contributed by atoms with Gasteiger partial charge in [-0.3, -0.25) is 20.0 Å². The molecule has 1 unspecified atom stereocenters. The van der Waals surface area contributed by atoms with Crippen LogP contribution in [-0.4, -0.2) is 27.7 Å². The number of carboxylic acids is 1. The molecule has 0 fully saturated rings. The Morgan fingerprint density at radius 2 is 2.29 bits per heavy atom. The van der Waals surface area contributed by atoms with E-state index in [2.05, 4.69) is 10.3 Å². The number of carbonyl (C=O) groups excluding carboxylic acids is 1. The number of amides is 1. The molecule has 1 atom stereocenters. The van der Waals surface area contributed by atoms with Gasteiger partial charge in [-0.15, -0.1) is 0 Å². The Morgan fingerprint density at radius 3 is 2.76 bits per heavy atom. The van der Waals surface area contributed by atoms with Crippen LogP contribution in [0.2, 0.25) is 0 Å². The summed E-state index contributed by atoms with van der Waals surface area (Å²) in [6, 6.07) is 3.24. The molecule has 1 rings (SSSR count). The van der Waals surface area contributed by atoms with Crippen molar-refractivity contribution in [3.05, 3.63) is 24.5 Å². The lowest BCUT2D eigenvalue weighted by Crippen LogP contribution is -2.33. The smallest absolute Gasteiger partial charge is 0.312 e. The van der Waals surface area contributed by atoms with Gasteiger partial charge in [-0.25, -0.2) is 0 Å². The molecule has 6 heteroatoms. The number of anilines is 1. The molecule has 0 spiro atoms. The quantitative estimate of drug-likeness (QED) is 0.666. The number of carbonyl (C=O) groups is 2. The molecule has 6 nitrogen and oxygen atoms in total. The first-order chi connectivity index (χ1) is 8.06. The fraction of sp³-hybridized carbons (Fsp3) is 0.273. The van der Waals surface area contributed by atoms with Crippen LogP contribution in [0.15, 0.2) is 24.5 Å². The van der Waals surface area contributed by atoms with Gasteiger partial charge in [-0.1, -0.05) is 6.92 Å². The van der Waals surface area contributed by atoms with Crippen LogP contribution in [0.3, 0.4) is 0 Å². The molecule has 0 saturated heterocycles. The van der Waals surface area contributed by atoms with Crippen molar-refractivity contribution in [3.63, 3.8) is 0 Å². The van der Waals surface area contributed by atoms with Crippen LogP contribution in [0.1, 0.15) is 13.3 Å². The van der Waals surface area contributed by atoms with Gasteiger partial charge in [0.25, 0.3) is 5.91 Å². The van der Waals surface area contributed by atoms with Crippen LogP contribution in [-0.2, 0) is 9.59 Å². The maximum absolute atomic E-state index is 11.6. The maximum atomic E-state index is 11.6. The highest BCUT2D eigenvalue weighted by Gasteiger charge is 2.26. The highest BCUT2D eigenvalue weighted by molar-refractivity contribution is 6.45. The SMILES string of the molecule is CCC(C(=N)C(=O)Nc1cccnc1)C(=O)O. The van der Waals surface area contributed by atoms with Gasteiger partial charge < -0.3 is 10.4 Å². The predicted molar refractivity (Wildman–Crippen MR) is 62.0 cm³/mol. The number of rotatable bonds is 5. The molecule has 3 N–H and O–H groups in total. The van der Waals surface area contributed by atoms with E-state index in [9.17, 15) is 9.59 Å². The van der Waals surface area contributed by atoms with Crippen molar-refractivity contribution in [1.82, 2.24) is 4.98 Å². The fourth-order valence-electron chi connectivity index (χ4n) is 1.30. The third-order valence-electron chi connectivity index (χ3n) is 2.22. The molecule has 17 heavy (non-hydrogen) atoms.